The zero-order chi connectivity index (χ0) is 24.9. The van der Waals surface area contributed by atoms with Crippen molar-refractivity contribution in [1.82, 2.24) is 34.7 Å². The fourth-order valence-electron chi connectivity index (χ4n) is 4.22. The number of hydrogen-bond acceptors (Lipinski definition) is 5. The van der Waals surface area contributed by atoms with Crippen LogP contribution in [0, 0.1) is 6.92 Å². The van der Waals surface area contributed by atoms with Crippen LogP contribution in [0.4, 0.5) is 18.0 Å². The minimum atomic E-state index is -5.08. The molecular weight excluding hydrogens is 455 g/mol. The summed E-state index contributed by atoms with van der Waals surface area (Å²) in [7, 11) is 2.00. The molecule has 4 heterocycles. The third-order valence-corrected chi connectivity index (χ3v) is 5.83. The Morgan fingerprint density at radius 1 is 1.26 bits per heavy atom. The highest BCUT2D eigenvalue weighted by Crippen LogP contribution is 2.24. The zero-order valence-corrected chi connectivity index (χ0v) is 19.3. The third kappa shape index (κ3) is 6.72. The molecular formula is C21H30F3N7O3. The molecule has 0 aromatic carbocycles. The molecule has 0 aliphatic carbocycles. The Balaban J connectivity index is 0.000000406. The van der Waals surface area contributed by atoms with Crippen molar-refractivity contribution in [3.8, 4) is 0 Å². The minimum Gasteiger partial charge on any atom is -0.475 e. The average Bonchev–Trinajstić information content (AvgIpc) is 3.50. The van der Waals surface area contributed by atoms with Crippen molar-refractivity contribution in [3.63, 3.8) is 0 Å². The third-order valence-electron chi connectivity index (χ3n) is 5.83. The largest absolute Gasteiger partial charge is 0.490 e. The van der Waals surface area contributed by atoms with Crippen LogP contribution in [-0.4, -0.2) is 78.8 Å². The molecule has 13 heteroatoms. The summed E-state index contributed by atoms with van der Waals surface area (Å²) in [6, 6.07) is 4.59. The second-order valence-electron chi connectivity index (χ2n) is 8.51. The Morgan fingerprint density at radius 2 is 1.94 bits per heavy atom. The first-order valence-corrected chi connectivity index (χ1v) is 11.1. The first kappa shape index (κ1) is 25.5. The smallest absolute Gasteiger partial charge is 0.475 e. The van der Waals surface area contributed by atoms with Crippen molar-refractivity contribution in [2.75, 3.05) is 26.2 Å². The van der Waals surface area contributed by atoms with E-state index in [-0.39, 0.29) is 12.1 Å². The molecule has 2 amide bonds. The lowest BCUT2D eigenvalue weighted by Gasteiger charge is -2.34. The number of aliphatic carboxylic acids is 1. The van der Waals surface area contributed by atoms with Gasteiger partial charge in [0.15, 0.2) is 0 Å². The summed E-state index contributed by atoms with van der Waals surface area (Å²) in [5.74, 6) is -2.76. The fraction of sp³-hybridized carbons (Fsp3) is 0.619. The number of halogens is 3. The quantitative estimate of drug-likeness (QED) is 0.673. The van der Waals surface area contributed by atoms with E-state index in [9.17, 15) is 18.0 Å². The summed E-state index contributed by atoms with van der Waals surface area (Å²) in [6.07, 6.45) is -0.0810. The van der Waals surface area contributed by atoms with E-state index in [0.717, 1.165) is 57.7 Å². The summed E-state index contributed by atoms with van der Waals surface area (Å²) in [6.45, 7) is 7.17. The number of hydrogen-bond donors (Lipinski definition) is 2. The highest BCUT2D eigenvalue weighted by Gasteiger charge is 2.38. The van der Waals surface area contributed by atoms with Crippen molar-refractivity contribution in [3.05, 3.63) is 35.4 Å². The van der Waals surface area contributed by atoms with Crippen molar-refractivity contribution in [1.29, 1.82) is 0 Å². The van der Waals surface area contributed by atoms with E-state index in [4.69, 9.17) is 9.90 Å². The number of aryl methyl sites for hydroxylation is 2. The number of aromatic nitrogens is 4. The lowest BCUT2D eigenvalue weighted by atomic mass is 10.1. The van der Waals surface area contributed by atoms with Crippen LogP contribution in [0.3, 0.4) is 0 Å². The Morgan fingerprint density at radius 3 is 2.53 bits per heavy atom. The number of carboxylic acids is 1. The molecule has 0 spiro atoms. The molecule has 4 rings (SSSR count). The molecule has 2 aliphatic rings. The number of carboxylic acid groups (broad SMARTS) is 1. The Labute approximate surface area is 195 Å². The number of likely N-dealkylation sites (tertiary alicyclic amines) is 1. The number of nitrogens with one attached hydrogen (secondary N) is 1. The average molecular weight is 486 g/mol. The van der Waals surface area contributed by atoms with Gasteiger partial charge in [0, 0.05) is 52.5 Å². The fourth-order valence-corrected chi connectivity index (χ4v) is 4.22. The highest BCUT2D eigenvalue weighted by molar-refractivity contribution is 5.74. The number of alkyl halides is 3. The van der Waals surface area contributed by atoms with E-state index < -0.39 is 12.1 Å². The molecule has 1 atom stereocenters. The van der Waals surface area contributed by atoms with Crippen molar-refractivity contribution in [2.45, 2.75) is 51.5 Å². The van der Waals surface area contributed by atoms with E-state index in [2.05, 4.69) is 37.2 Å². The van der Waals surface area contributed by atoms with Crippen molar-refractivity contribution >= 4 is 12.0 Å². The molecule has 2 aliphatic heterocycles. The molecule has 2 aromatic rings. The predicted octanol–water partition coefficient (Wildman–Crippen LogP) is 2.31. The van der Waals surface area contributed by atoms with Gasteiger partial charge >= 0.3 is 18.2 Å². The van der Waals surface area contributed by atoms with Crippen LogP contribution in [0.25, 0.3) is 0 Å². The van der Waals surface area contributed by atoms with Gasteiger partial charge in [-0.05, 0) is 38.3 Å². The van der Waals surface area contributed by atoms with E-state index >= 15 is 0 Å². The molecule has 1 saturated heterocycles. The molecule has 1 fully saturated rings. The van der Waals surface area contributed by atoms with Gasteiger partial charge in [0.2, 0.25) is 0 Å². The van der Waals surface area contributed by atoms with Gasteiger partial charge < -0.3 is 15.3 Å². The number of carbonyl (C=O) groups excluding carboxylic acids is 1. The number of carbonyl (C=O) groups is 2. The number of nitrogens with zero attached hydrogens (tertiary/aromatic N) is 6. The van der Waals surface area contributed by atoms with Crippen molar-refractivity contribution < 1.29 is 27.9 Å². The Kier molecular flexibility index (Phi) is 8.18. The summed E-state index contributed by atoms with van der Waals surface area (Å²) < 4.78 is 35.8. The van der Waals surface area contributed by atoms with Gasteiger partial charge in [0.05, 0.1) is 23.1 Å². The van der Waals surface area contributed by atoms with Crippen molar-refractivity contribution in [2.24, 2.45) is 7.05 Å². The molecule has 34 heavy (non-hydrogen) atoms. The molecule has 188 valence electrons. The summed E-state index contributed by atoms with van der Waals surface area (Å²) in [5.41, 5.74) is 3.51. The molecule has 0 radical (unpaired) electrons. The second kappa shape index (κ2) is 10.9. The van der Waals surface area contributed by atoms with Gasteiger partial charge in [-0.25, -0.2) is 9.59 Å². The van der Waals surface area contributed by atoms with E-state index in [1.165, 1.54) is 11.4 Å². The van der Waals surface area contributed by atoms with Gasteiger partial charge in [0.1, 0.15) is 0 Å². The van der Waals surface area contributed by atoms with Gasteiger partial charge in [0.25, 0.3) is 0 Å². The number of amides is 2. The van der Waals surface area contributed by atoms with Crippen LogP contribution in [0.2, 0.25) is 0 Å². The molecule has 10 nitrogen and oxygen atoms in total. The van der Waals surface area contributed by atoms with Gasteiger partial charge in [-0.3, -0.25) is 14.3 Å². The van der Waals surface area contributed by atoms with Gasteiger partial charge in [-0.2, -0.15) is 23.4 Å². The normalized spacial score (nSPS) is 18.3. The lowest BCUT2D eigenvalue weighted by molar-refractivity contribution is -0.192. The van der Waals surface area contributed by atoms with Gasteiger partial charge in [-0.15, -0.1) is 0 Å². The first-order chi connectivity index (χ1) is 16.0. The second-order valence-corrected chi connectivity index (χ2v) is 8.51. The monoisotopic (exact) mass is 485 g/mol. The highest BCUT2D eigenvalue weighted by atomic mass is 19.4. The van der Waals surface area contributed by atoms with E-state index in [1.54, 1.807) is 0 Å². The summed E-state index contributed by atoms with van der Waals surface area (Å²) in [5, 5.41) is 19.2. The SMILES string of the molecule is Cc1cc(CN2Cc3ccnn3C(CCNC(=O)N3CCCC3)C2)n(C)n1.O=C(O)C(F)(F)F. The van der Waals surface area contributed by atoms with Crippen LogP contribution in [-0.2, 0) is 24.9 Å². The summed E-state index contributed by atoms with van der Waals surface area (Å²) in [4.78, 5) is 25.5. The van der Waals surface area contributed by atoms with Crippen LogP contribution in [0.1, 0.15) is 42.4 Å². The molecule has 0 saturated carbocycles. The molecule has 2 aromatic heterocycles. The van der Waals surface area contributed by atoms with E-state index in [0.29, 0.717) is 6.54 Å². The summed E-state index contributed by atoms with van der Waals surface area (Å²) >= 11 is 0. The Hall–Kier alpha value is -3.09. The van der Waals surface area contributed by atoms with Crippen LogP contribution < -0.4 is 5.32 Å². The molecule has 1 unspecified atom stereocenters. The lowest BCUT2D eigenvalue weighted by Crippen LogP contribution is -2.41. The standard InChI is InChI=1S/C19H29N7O.C2HF3O2/c1-15-11-18(23(2)22-15)14-24-12-16(26-17(13-24)6-8-21-26)5-7-20-19(27)25-9-3-4-10-25;3-2(4,5)1(6)7/h6,8,11,16H,3-5,7,9-10,12-14H2,1-2H3,(H,20,27);(H,6,7). The predicted molar refractivity (Wildman–Crippen MR) is 116 cm³/mol. The van der Waals surface area contributed by atoms with Crippen LogP contribution in [0.15, 0.2) is 18.3 Å². The maximum atomic E-state index is 12.2. The topological polar surface area (TPSA) is 109 Å². The number of urea groups is 1. The number of fused-ring (bicyclic) bond motifs is 1. The molecule has 0 bridgehead atoms. The van der Waals surface area contributed by atoms with Gasteiger partial charge in [-0.1, -0.05) is 0 Å². The van der Waals surface area contributed by atoms with E-state index in [1.807, 2.05) is 29.7 Å². The maximum Gasteiger partial charge on any atom is 0.490 e. The Bertz CT molecular complexity index is 983. The molecule has 2 N–H and O–H groups in total. The van der Waals surface area contributed by atoms with Crippen LogP contribution >= 0.6 is 0 Å². The maximum absolute atomic E-state index is 12.2. The first-order valence-electron chi connectivity index (χ1n) is 11.1. The minimum absolute atomic E-state index is 0.0752. The zero-order valence-electron chi connectivity index (χ0n) is 19.3. The number of rotatable bonds is 5. The van der Waals surface area contributed by atoms with Crippen LogP contribution in [0.5, 0.6) is 0 Å².